The fraction of sp³-hybridized carbons (Fsp3) is 0.643. The molecule has 1 heterocycles. The van der Waals surface area contributed by atoms with Crippen molar-refractivity contribution in [2.45, 2.75) is 37.6 Å². The maximum Gasteiger partial charge on any atom is 0.0481 e. The number of nitrogens with zero attached hydrogens (tertiary/aromatic N) is 1. The molecule has 2 atom stereocenters. The number of aromatic nitrogens is 1. The summed E-state index contributed by atoms with van der Waals surface area (Å²) < 4.78 is 0. The lowest BCUT2D eigenvalue weighted by atomic mass is 9.81. The number of hydrogen-bond acceptors (Lipinski definition) is 3. The molecule has 2 nitrogen and oxygen atoms in total. The third kappa shape index (κ3) is 3.02. The lowest BCUT2D eigenvalue weighted by Gasteiger charge is -2.31. The van der Waals surface area contributed by atoms with Gasteiger partial charge in [-0.3, -0.25) is 4.98 Å². The van der Waals surface area contributed by atoms with Gasteiger partial charge >= 0.3 is 0 Å². The van der Waals surface area contributed by atoms with Crippen molar-refractivity contribution < 1.29 is 0 Å². The topological polar surface area (TPSA) is 24.9 Å². The maximum absolute atomic E-state index is 4.63. The second-order valence-electron chi connectivity index (χ2n) is 4.72. The van der Waals surface area contributed by atoms with Gasteiger partial charge in [-0.25, -0.2) is 0 Å². The highest BCUT2D eigenvalue weighted by Crippen LogP contribution is 2.33. The van der Waals surface area contributed by atoms with E-state index < -0.39 is 0 Å². The molecule has 1 aliphatic carbocycles. The Kier molecular flexibility index (Phi) is 4.86. The fourth-order valence-electron chi connectivity index (χ4n) is 2.83. The van der Waals surface area contributed by atoms with Crippen molar-refractivity contribution in [1.82, 2.24) is 10.3 Å². The van der Waals surface area contributed by atoms with Gasteiger partial charge in [-0.15, -0.1) is 0 Å². The van der Waals surface area contributed by atoms with E-state index in [1.54, 1.807) is 0 Å². The minimum absolute atomic E-state index is 0.580. The van der Waals surface area contributed by atoms with Crippen LogP contribution in [0.15, 0.2) is 18.3 Å². The third-order valence-electron chi connectivity index (χ3n) is 3.73. The van der Waals surface area contributed by atoms with Gasteiger partial charge in [0.05, 0.1) is 0 Å². The van der Waals surface area contributed by atoms with Gasteiger partial charge in [0.2, 0.25) is 0 Å². The summed E-state index contributed by atoms with van der Waals surface area (Å²) in [6, 6.07) is 4.89. The minimum Gasteiger partial charge on any atom is -0.316 e. The van der Waals surface area contributed by atoms with E-state index in [0.29, 0.717) is 12.0 Å². The van der Waals surface area contributed by atoms with Crippen LogP contribution in [-0.2, 0) is 6.42 Å². The average Bonchev–Trinajstić information content (AvgIpc) is 2.40. The van der Waals surface area contributed by atoms with Gasteiger partial charge in [-0.1, -0.05) is 6.07 Å². The van der Waals surface area contributed by atoms with Crippen molar-refractivity contribution in [3.05, 3.63) is 29.6 Å². The molecule has 2 unspecified atom stereocenters. The Labute approximate surface area is 109 Å². The highest BCUT2D eigenvalue weighted by atomic mass is 32.2. The van der Waals surface area contributed by atoms with Gasteiger partial charge in [0.25, 0.3) is 0 Å². The molecule has 0 aromatic carbocycles. The molecule has 0 saturated carbocycles. The summed E-state index contributed by atoms with van der Waals surface area (Å²) in [5, 5.41) is 3.49. The largest absolute Gasteiger partial charge is 0.316 e. The van der Waals surface area contributed by atoms with Crippen molar-refractivity contribution >= 4 is 11.8 Å². The van der Waals surface area contributed by atoms with Crippen LogP contribution in [0.25, 0.3) is 0 Å². The van der Waals surface area contributed by atoms with Crippen LogP contribution in [-0.4, -0.2) is 30.1 Å². The molecular formula is C14H22N2S. The number of thioether (sulfide) groups is 1. The summed E-state index contributed by atoms with van der Waals surface area (Å²) in [5.74, 6) is 1.83. The van der Waals surface area contributed by atoms with Gasteiger partial charge in [0.15, 0.2) is 0 Å². The molecule has 2 rings (SSSR count). The van der Waals surface area contributed by atoms with Crippen LogP contribution < -0.4 is 5.32 Å². The second kappa shape index (κ2) is 6.41. The quantitative estimate of drug-likeness (QED) is 0.870. The number of nitrogens with one attached hydrogen (secondary N) is 1. The van der Waals surface area contributed by atoms with Gasteiger partial charge in [0, 0.05) is 23.9 Å². The molecule has 0 amide bonds. The van der Waals surface area contributed by atoms with Crippen LogP contribution in [0.3, 0.4) is 0 Å². The molecule has 1 N–H and O–H groups in total. The lowest BCUT2D eigenvalue weighted by Crippen LogP contribution is -2.35. The molecule has 94 valence electrons. The Balaban J connectivity index is 2.15. The van der Waals surface area contributed by atoms with Crippen LogP contribution in [0, 0.1) is 0 Å². The minimum atomic E-state index is 0.580. The summed E-state index contributed by atoms with van der Waals surface area (Å²) >= 11 is 1.93. The van der Waals surface area contributed by atoms with Crippen molar-refractivity contribution in [3.63, 3.8) is 0 Å². The average molecular weight is 250 g/mol. The van der Waals surface area contributed by atoms with E-state index in [-0.39, 0.29) is 0 Å². The van der Waals surface area contributed by atoms with Gasteiger partial charge in [-0.2, -0.15) is 11.8 Å². The molecule has 0 spiro atoms. The predicted molar refractivity (Wildman–Crippen MR) is 75.8 cm³/mol. The van der Waals surface area contributed by atoms with E-state index in [4.69, 9.17) is 0 Å². The standard InChI is InChI=1S/C14H22N2S/c1-15-13(8-10-17-2)12-7-3-5-11-6-4-9-16-14(11)12/h4,6,9,12-13,15H,3,5,7-8,10H2,1-2H3. The number of fused-ring (bicyclic) bond motifs is 1. The monoisotopic (exact) mass is 250 g/mol. The van der Waals surface area contributed by atoms with E-state index in [1.165, 1.54) is 42.7 Å². The number of likely N-dealkylation sites (N-methyl/N-ethyl adjacent to an activating group) is 1. The van der Waals surface area contributed by atoms with Crippen molar-refractivity contribution in [3.8, 4) is 0 Å². The van der Waals surface area contributed by atoms with E-state index >= 15 is 0 Å². The predicted octanol–water partition coefficient (Wildman–Crippen LogP) is 2.84. The van der Waals surface area contributed by atoms with Gasteiger partial charge in [-0.05, 0) is 56.4 Å². The third-order valence-corrected chi connectivity index (χ3v) is 4.37. The Bertz CT molecular complexity index is 354. The van der Waals surface area contributed by atoms with Crippen molar-refractivity contribution in [1.29, 1.82) is 0 Å². The highest BCUT2D eigenvalue weighted by molar-refractivity contribution is 7.98. The number of aryl methyl sites for hydroxylation is 1. The van der Waals surface area contributed by atoms with E-state index in [1.807, 2.05) is 18.0 Å². The smallest absolute Gasteiger partial charge is 0.0481 e. The molecule has 1 aromatic heterocycles. The molecule has 3 heteroatoms. The first-order chi connectivity index (χ1) is 8.36. The molecule has 0 fully saturated rings. The first-order valence-electron chi connectivity index (χ1n) is 6.46. The highest BCUT2D eigenvalue weighted by Gasteiger charge is 2.27. The molecule has 0 bridgehead atoms. The molecule has 1 aromatic rings. The molecule has 0 aliphatic heterocycles. The maximum atomic E-state index is 4.63. The van der Waals surface area contributed by atoms with Crippen molar-refractivity contribution in [2.75, 3.05) is 19.1 Å². The SMILES string of the molecule is CNC(CCSC)C1CCCc2cccnc21. The van der Waals surface area contributed by atoms with Crippen LogP contribution in [0.5, 0.6) is 0 Å². The van der Waals surface area contributed by atoms with Crippen LogP contribution >= 0.6 is 11.8 Å². The van der Waals surface area contributed by atoms with E-state index in [0.717, 1.165) is 0 Å². The Morgan fingerprint density at radius 3 is 3.24 bits per heavy atom. The number of hydrogen-bond donors (Lipinski definition) is 1. The zero-order valence-electron chi connectivity index (χ0n) is 10.8. The molecular weight excluding hydrogens is 228 g/mol. The molecule has 0 saturated heterocycles. The Hall–Kier alpha value is -0.540. The van der Waals surface area contributed by atoms with Gasteiger partial charge < -0.3 is 5.32 Å². The van der Waals surface area contributed by atoms with Gasteiger partial charge in [0.1, 0.15) is 0 Å². The van der Waals surface area contributed by atoms with Crippen LogP contribution in [0.2, 0.25) is 0 Å². The summed E-state index contributed by atoms with van der Waals surface area (Å²) in [6.45, 7) is 0. The van der Waals surface area contributed by atoms with E-state index in [9.17, 15) is 0 Å². The molecule has 0 radical (unpaired) electrons. The van der Waals surface area contributed by atoms with Crippen molar-refractivity contribution in [2.24, 2.45) is 0 Å². The normalized spacial score (nSPS) is 20.9. The summed E-state index contributed by atoms with van der Waals surface area (Å²) in [4.78, 5) is 4.63. The first-order valence-corrected chi connectivity index (χ1v) is 7.86. The first kappa shape index (κ1) is 12.9. The summed E-state index contributed by atoms with van der Waals surface area (Å²) in [5.41, 5.74) is 2.81. The Morgan fingerprint density at radius 1 is 1.59 bits per heavy atom. The zero-order valence-corrected chi connectivity index (χ0v) is 11.6. The lowest BCUT2D eigenvalue weighted by molar-refractivity contribution is 0.398. The second-order valence-corrected chi connectivity index (χ2v) is 5.71. The van der Waals surface area contributed by atoms with Crippen LogP contribution in [0.1, 0.15) is 36.4 Å². The zero-order chi connectivity index (χ0) is 12.1. The summed E-state index contributed by atoms with van der Waals surface area (Å²) in [7, 11) is 2.09. The fourth-order valence-corrected chi connectivity index (χ4v) is 3.32. The van der Waals surface area contributed by atoms with E-state index in [2.05, 4.69) is 35.7 Å². The molecule has 1 aliphatic rings. The number of pyridine rings is 1. The summed E-state index contributed by atoms with van der Waals surface area (Å²) in [6.07, 6.45) is 9.15. The molecule has 17 heavy (non-hydrogen) atoms. The Morgan fingerprint density at radius 2 is 2.47 bits per heavy atom. The van der Waals surface area contributed by atoms with Crippen LogP contribution in [0.4, 0.5) is 0 Å². The number of rotatable bonds is 5.